The van der Waals surface area contributed by atoms with E-state index in [0.29, 0.717) is 35.0 Å². The molecule has 0 aliphatic carbocycles. The highest BCUT2D eigenvalue weighted by molar-refractivity contribution is 7.89. The molecular weight excluding hydrogens is 428 g/mol. The largest absolute Gasteiger partial charge is 0.493 e. The van der Waals surface area contributed by atoms with Crippen LogP contribution in [-0.2, 0) is 10.0 Å². The van der Waals surface area contributed by atoms with Crippen LogP contribution in [0.4, 0.5) is 0 Å². The van der Waals surface area contributed by atoms with Crippen molar-refractivity contribution in [1.82, 2.24) is 9.21 Å². The van der Waals surface area contributed by atoms with Crippen LogP contribution >= 0.6 is 0 Å². The van der Waals surface area contributed by atoms with Crippen molar-refractivity contribution in [2.45, 2.75) is 39.5 Å². The minimum atomic E-state index is -3.67. The van der Waals surface area contributed by atoms with Gasteiger partial charge in [-0.2, -0.15) is 4.31 Å². The summed E-state index contributed by atoms with van der Waals surface area (Å²) >= 11 is 0. The number of ether oxygens (including phenoxy) is 2. The van der Waals surface area contributed by atoms with Gasteiger partial charge in [0.2, 0.25) is 10.0 Å². The number of carbonyl (C=O) groups excluding carboxylic acids is 1. The third-order valence-electron chi connectivity index (χ3n) is 6.69. The Balaban J connectivity index is 1.85. The van der Waals surface area contributed by atoms with Gasteiger partial charge in [0, 0.05) is 26.2 Å². The van der Waals surface area contributed by atoms with E-state index in [1.807, 2.05) is 34.6 Å². The van der Waals surface area contributed by atoms with Gasteiger partial charge < -0.3 is 14.4 Å². The fourth-order valence-electron chi connectivity index (χ4n) is 4.34. The normalized spacial score (nSPS) is 15.0. The van der Waals surface area contributed by atoms with Crippen LogP contribution in [-0.4, -0.2) is 63.9 Å². The van der Waals surface area contributed by atoms with E-state index in [-0.39, 0.29) is 19.0 Å². The second kappa shape index (κ2) is 9.11. The van der Waals surface area contributed by atoms with E-state index in [4.69, 9.17) is 9.47 Å². The smallest absolute Gasteiger partial charge is 0.257 e. The van der Waals surface area contributed by atoms with E-state index in [1.54, 1.807) is 23.1 Å². The zero-order valence-corrected chi connectivity index (χ0v) is 20.7. The number of sulfonamides is 1. The van der Waals surface area contributed by atoms with Crippen LogP contribution in [0.25, 0.3) is 0 Å². The molecule has 0 unspecified atom stereocenters. The second-order valence-electron chi connectivity index (χ2n) is 8.19. The molecule has 0 radical (unpaired) electrons. The Hall–Kier alpha value is -2.58. The fourth-order valence-corrected chi connectivity index (χ4v) is 6.32. The number of methoxy groups -OCH3 is 2. The Labute approximate surface area is 191 Å². The number of hydrogen-bond donors (Lipinski definition) is 0. The Morgan fingerprint density at radius 1 is 0.812 bits per heavy atom. The molecule has 1 aliphatic heterocycles. The first kappa shape index (κ1) is 24.1. The van der Waals surface area contributed by atoms with Gasteiger partial charge in [0.15, 0.2) is 11.5 Å². The Morgan fingerprint density at radius 2 is 1.34 bits per heavy atom. The van der Waals surface area contributed by atoms with Crippen LogP contribution in [0.1, 0.15) is 38.2 Å². The molecule has 1 heterocycles. The van der Waals surface area contributed by atoms with Crippen molar-refractivity contribution in [1.29, 1.82) is 0 Å². The van der Waals surface area contributed by atoms with Crippen LogP contribution in [0.3, 0.4) is 0 Å². The van der Waals surface area contributed by atoms with Crippen LogP contribution in [0.5, 0.6) is 11.5 Å². The molecule has 0 spiro atoms. The van der Waals surface area contributed by atoms with Crippen LogP contribution < -0.4 is 9.47 Å². The molecule has 174 valence electrons. The first-order chi connectivity index (χ1) is 15.1. The summed E-state index contributed by atoms with van der Waals surface area (Å²) in [5, 5.41) is 0. The number of hydrogen-bond acceptors (Lipinski definition) is 5. The topological polar surface area (TPSA) is 76.2 Å². The standard InChI is InChI=1S/C24H32N2O5S/c1-15-16(2)18(4)23(19(5)17(15)3)32(28,29)26-13-11-25(12-14-26)24(27)20-9-8-10-21(30-6)22(20)31-7/h8-10H,11-14H2,1-7H3. The predicted octanol–water partition coefficient (Wildman–Crippen LogP) is 3.39. The van der Waals surface area contributed by atoms with Crippen LogP contribution in [0.15, 0.2) is 23.1 Å². The Bertz CT molecular complexity index is 1120. The monoisotopic (exact) mass is 460 g/mol. The molecule has 0 atom stereocenters. The minimum absolute atomic E-state index is 0.202. The average Bonchev–Trinajstić information content (AvgIpc) is 2.80. The molecule has 0 saturated carbocycles. The van der Waals surface area contributed by atoms with Crippen molar-refractivity contribution in [2.24, 2.45) is 0 Å². The summed E-state index contributed by atoms with van der Waals surface area (Å²) in [5.74, 6) is 0.662. The first-order valence-corrected chi connectivity index (χ1v) is 12.1. The van der Waals surface area contributed by atoms with Gasteiger partial charge in [0.1, 0.15) is 0 Å². The van der Waals surface area contributed by atoms with E-state index in [0.717, 1.165) is 27.8 Å². The molecule has 2 aromatic carbocycles. The summed E-state index contributed by atoms with van der Waals surface area (Å²) in [6.07, 6.45) is 0. The lowest BCUT2D eigenvalue weighted by Crippen LogP contribution is -2.50. The molecule has 2 aromatic rings. The van der Waals surface area contributed by atoms with Crippen molar-refractivity contribution in [2.75, 3.05) is 40.4 Å². The molecule has 0 bridgehead atoms. The number of amides is 1. The molecular formula is C24H32N2O5S. The highest BCUT2D eigenvalue weighted by Crippen LogP contribution is 2.33. The second-order valence-corrected chi connectivity index (χ2v) is 10.1. The van der Waals surface area contributed by atoms with Gasteiger partial charge in [0.25, 0.3) is 5.91 Å². The van der Waals surface area contributed by atoms with Crippen molar-refractivity contribution >= 4 is 15.9 Å². The summed E-state index contributed by atoms with van der Waals surface area (Å²) in [4.78, 5) is 15.2. The van der Waals surface area contributed by atoms with Crippen molar-refractivity contribution in [3.8, 4) is 11.5 Å². The molecule has 1 amide bonds. The fraction of sp³-hybridized carbons (Fsp3) is 0.458. The molecule has 3 rings (SSSR count). The highest BCUT2D eigenvalue weighted by Gasteiger charge is 2.34. The first-order valence-electron chi connectivity index (χ1n) is 10.6. The third kappa shape index (κ3) is 3.97. The highest BCUT2D eigenvalue weighted by atomic mass is 32.2. The van der Waals surface area contributed by atoms with E-state index in [9.17, 15) is 13.2 Å². The number of nitrogens with zero attached hydrogens (tertiary/aromatic N) is 2. The van der Waals surface area contributed by atoms with Gasteiger partial charge in [-0.1, -0.05) is 6.07 Å². The van der Waals surface area contributed by atoms with E-state index in [1.165, 1.54) is 18.5 Å². The van der Waals surface area contributed by atoms with Crippen molar-refractivity contribution in [3.63, 3.8) is 0 Å². The molecule has 7 nitrogen and oxygen atoms in total. The lowest BCUT2D eigenvalue weighted by atomic mass is 9.95. The number of para-hydroxylation sites is 1. The third-order valence-corrected chi connectivity index (χ3v) is 8.86. The molecule has 32 heavy (non-hydrogen) atoms. The average molecular weight is 461 g/mol. The molecule has 8 heteroatoms. The molecule has 0 aromatic heterocycles. The minimum Gasteiger partial charge on any atom is -0.493 e. The zero-order chi connectivity index (χ0) is 23.8. The van der Waals surface area contributed by atoms with E-state index < -0.39 is 10.0 Å². The maximum atomic E-state index is 13.6. The number of piperazine rings is 1. The lowest BCUT2D eigenvalue weighted by Gasteiger charge is -2.35. The predicted molar refractivity (Wildman–Crippen MR) is 124 cm³/mol. The van der Waals surface area contributed by atoms with Gasteiger partial charge in [-0.15, -0.1) is 0 Å². The summed E-state index contributed by atoms with van der Waals surface area (Å²) in [6, 6.07) is 5.16. The maximum Gasteiger partial charge on any atom is 0.257 e. The van der Waals surface area contributed by atoms with Crippen molar-refractivity contribution < 1.29 is 22.7 Å². The van der Waals surface area contributed by atoms with Gasteiger partial charge in [-0.05, 0) is 74.6 Å². The summed E-state index contributed by atoms with van der Waals surface area (Å²) in [6.45, 7) is 10.8. The molecule has 1 aliphatic rings. The summed E-state index contributed by atoms with van der Waals surface area (Å²) in [7, 11) is -0.654. The van der Waals surface area contributed by atoms with Crippen LogP contribution in [0.2, 0.25) is 0 Å². The Morgan fingerprint density at radius 3 is 1.84 bits per heavy atom. The SMILES string of the molecule is COc1cccc(C(=O)N2CCN(S(=O)(=O)c3c(C)c(C)c(C)c(C)c3C)CC2)c1OC. The van der Waals surface area contributed by atoms with Gasteiger partial charge >= 0.3 is 0 Å². The Kier molecular flexibility index (Phi) is 6.86. The summed E-state index contributed by atoms with van der Waals surface area (Å²) < 4.78 is 39.3. The quantitative estimate of drug-likeness (QED) is 0.684. The number of rotatable bonds is 5. The number of benzene rings is 2. The summed E-state index contributed by atoms with van der Waals surface area (Å²) in [5.41, 5.74) is 5.13. The van der Waals surface area contributed by atoms with Gasteiger partial charge in [-0.25, -0.2) is 8.42 Å². The van der Waals surface area contributed by atoms with E-state index >= 15 is 0 Å². The number of carbonyl (C=O) groups is 1. The lowest BCUT2D eigenvalue weighted by molar-refractivity contribution is 0.0694. The molecule has 1 saturated heterocycles. The van der Waals surface area contributed by atoms with Gasteiger partial charge in [-0.3, -0.25) is 4.79 Å². The zero-order valence-electron chi connectivity index (χ0n) is 19.9. The molecule has 1 fully saturated rings. The van der Waals surface area contributed by atoms with Crippen LogP contribution in [0, 0.1) is 34.6 Å². The maximum absolute atomic E-state index is 13.6. The van der Waals surface area contributed by atoms with Gasteiger partial charge in [0.05, 0.1) is 24.7 Å². The van der Waals surface area contributed by atoms with Crippen molar-refractivity contribution in [3.05, 3.63) is 51.6 Å². The molecule has 0 N–H and O–H groups in total. The van der Waals surface area contributed by atoms with E-state index in [2.05, 4.69) is 0 Å².